The number of likely N-dealkylation sites (tertiary alicyclic amines) is 1. The van der Waals surface area contributed by atoms with Crippen molar-refractivity contribution < 1.29 is 14.3 Å². The molecule has 0 spiro atoms. The van der Waals surface area contributed by atoms with Crippen LogP contribution >= 0.6 is 0 Å². The van der Waals surface area contributed by atoms with Gasteiger partial charge in [0.05, 0.1) is 24.3 Å². The molecule has 2 unspecified atom stereocenters. The van der Waals surface area contributed by atoms with Crippen LogP contribution in [0.1, 0.15) is 55.0 Å². The average molecular weight is 303 g/mol. The van der Waals surface area contributed by atoms with Gasteiger partial charge in [-0.3, -0.25) is 4.79 Å². The van der Waals surface area contributed by atoms with Crippen molar-refractivity contribution in [2.75, 3.05) is 6.54 Å². The highest BCUT2D eigenvalue weighted by Gasteiger charge is 2.33. The van der Waals surface area contributed by atoms with Gasteiger partial charge >= 0.3 is 0 Å². The topological polar surface area (TPSA) is 82.4 Å². The first-order valence-electron chi connectivity index (χ1n) is 7.70. The van der Waals surface area contributed by atoms with Crippen LogP contribution in [0.25, 0.3) is 0 Å². The average Bonchev–Trinajstić information content (AvgIpc) is 3.13. The third kappa shape index (κ3) is 2.92. The van der Waals surface area contributed by atoms with E-state index in [1.165, 1.54) is 12.5 Å². The fraction of sp³-hybridized carbons (Fsp3) is 0.500. The van der Waals surface area contributed by atoms with Gasteiger partial charge in [-0.2, -0.15) is 0 Å². The second-order valence-corrected chi connectivity index (χ2v) is 5.75. The van der Waals surface area contributed by atoms with Crippen molar-refractivity contribution in [3.05, 3.63) is 41.9 Å². The first-order chi connectivity index (χ1) is 10.7. The van der Waals surface area contributed by atoms with Crippen LogP contribution in [0.5, 0.6) is 0 Å². The molecule has 1 saturated heterocycles. The van der Waals surface area contributed by atoms with Crippen LogP contribution < -0.4 is 0 Å². The molecule has 22 heavy (non-hydrogen) atoms. The minimum Gasteiger partial charge on any atom is -0.464 e. The van der Waals surface area contributed by atoms with E-state index in [0.29, 0.717) is 12.2 Å². The van der Waals surface area contributed by atoms with Crippen LogP contribution in [0.2, 0.25) is 0 Å². The highest BCUT2D eigenvalue weighted by molar-refractivity contribution is 5.82. The molecule has 0 saturated carbocycles. The largest absolute Gasteiger partial charge is 0.464 e. The maximum Gasteiger partial charge on any atom is 0.258 e. The third-order valence-electron chi connectivity index (χ3n) is 4.17. The van der Waals surface area contributed by atoms with Crippen LogP contribution in [-0.2, 0) is 4.79 Å². The number of hydrogen-bond acceptors (Lipinski definition) is 4. The number of rotatable bonds is 3. The van der Waals surface area contributed by atoms with Crippen LogP contribution in [-0.4, -0.2) is 32.4 Å². The van der Waals surface area contributed by atoms with E-state index < -0.39 is 6.10 Å². The van der Waals surface area contributed by atoms with Gasteiger partial charge < -0.3 is 19.4 Å². The number of aryl methyl sites for hydroxylation is 1. The zero-order valence-electron chi connectivity index (χ0n) is 12.7. The molecular weight excluding hydrogens is 282 g/mol. The van der Waals surface area contributed by atoms with E-state index in [4.69, 9.17) is 4.42 Å². The van der Waals surface area contributed by atoms with E-state index in [0.717, 1.165) is 37.2 Å². The summed E-state index contributed by atoms with van der Waals surface area (Å²) in [7, 11) is 0. The quantitative estimate of drug-likeness (QED) is 0.912. The minimum atomic E-state index is -1.21. The molecule has 0 radical (unpaired) electrons. The van der Waals surface area contributed by atoms with Gasteiger partial charge in [0.2, 0.25) is 0 Å². The fourth-order valence-corrected chi connectivity index (χ4v) is 3.01. The molecule has 3 rings (SSSR count). The number of nitrogens with one attached hydrogen (secondary N) is 1. The molecule has 0 aliphatic carbocycles. The number of hydrogen-bond donors (Lipinski definition) is 2. The Morgan fingerprint density at radius 2 is 2.32 bits per heavy atom. The molecule has 3 heterocycles. The smallest absolute Gasteiger partial charge is 0.258 e. The van der Waals surface area contributed by atoms with Gasteiger partial charge in [0.25, 0.3) is 5.91 Å². The highest BCUT2D eigenvalue weighted by Crippen LogP contribution is 2.33. The molecule has 2 N–H and O–H groups in total. The molecule has 118 valence electrons. The molecule has 1 aliphatic rings. The van der Waals surface area contributed by atoms with Gasteiger partial charge in [-0.1, -0.05) is 12.8 Å². The van der Waals surface area contributed by atoms with Crippen molar-refractivity contribution in [1.29, 1.82) is 0 Å². The lowest BCUT2D eigenvalue weighted by Gasteiger charge is -2.30. The number of amides is 1. The van der Waals surface area contributed by atoms with E-state index in [-0.39, 0.29) is 11.9 Å². The summed E-state index contributed by atoms with van der Waals surface area (Å²) in [5.74, 6) is 1.33. The summed E-state index contributed by atoms with van der Waals surface area (Å²) in [6, 6.07) is 3.73. The lowest BCUT2D eigenvalue weighted by molar-refractivity contribution is -0.143. The number of aromatic amines is 1. The van der Waals surface area contributed by atoms with Crippen molar-refractivity contribution in [3.8, 4) is 0 Å². The molecule has 6 nitrogen and oxygen atoms in total. The minimum absolute atomic E-state index is 0.110. The number of carbonyl (C=O) groups is 1. The van der Waals surface area contributed by atoms with E-state index >= 15 is 0 Å². The van der Waals surface area contributed by atoms with Crippen molar-refractivity contribution in [2.24, 2.45) is 0 Å². The van der Waals surface area contributed by atoms with Crippen molar-refractivity contribution in [1.82, 2.24) is 14.9 Å². The Kier molecular flexibility index (Phi) is 4.29. The predicted octanol–water partition coefficient (Wildman–Crippen LogP) is 2.49. The number of H-pyrrole nitrogens is 1. The predicted molar refractivity (Wildman–Crippen MR) is 79.9 cm³/mol. The Labute approximate surface area is 129 Å². The molecule has 1 fully saturated rings. The summed E-state index contributed by atoms with van der Waals surface area (Å²) in [6.45, 7) is 2.53. The Morgan fingerprint density at radius 3 is 3.00 bits per heavy atom. The SMILES string of the molecule is Cc1ccc(C2CCCCCN2C(=O)C(O)c2cnc[nH]2)o1. The Hall–Kier alpha value is -2.08. The monoisotopic (exact) mass is 303 g/mol. The second kappa shape index (κ2) is 6.36. The maximum absolute atomic E-state index is 12.7. The zero-order valence-corrected chi connectivity index (χ0v) is 12.7. The van der Waals surface area contributed by atoms with E-state index in [2.05, 4.69) is 9.97 Å². The molecule has 6 heteroatoms. The summed E-state index contributed by atoms with van der Waals surface area (Å²) in [5, 5.41) is 10.3. The number of nitrogens with zero attached hydrogens (tertiary/aromatic N) is 2. The lowest BCUT2D eigenvalue weighted by Crippen LogP contribution is -2.38. The fourth-order valence-electron chi connectivity index (χ4n) is 3.01. The third-order valence-corrected chi connectivity index (χ3v) is 4.17. The molecule has 2 aromatic rings. The molecule has 1 amide bonds. The van der Waals surface area contributed by atoms with Gasteiger partial charge in [-0.15, -0.1) is 0 Å². The Balaban J connectivity index is 1.85. The summed E-state index contributed by atoms with van der Waals surface area (Å²) in [6.07, 6.45) is 5.66. The first-order valence-corrected chi connectivity index (χ1v) is 7.70. The van der Waals surface area contributed by atoms with Crippen molar-refractivity contribution in [3.63, 3.8) is 0 Å². The number of furan rings is 1. The summed E-state index contributed by atoms with van der Waals surface area (Å²) < 4.78 is 5.73. The van der Waals surface area contributed by atoms with Gasteiger partial charge in [0, 0.05) is 6.54 Å². The number of aliphatic hydroxyl groups is 1. The Morgan fingerprint density at radius 1 is 1.45 bits per heavy atom. The van der Waals surface area contributed by atoms with E-state index in [9.17, 15) is 9.90 Å². The maximum atomic E-state index is 12.7. The second-order valence-electron chi connectivity index (χ2n) is 5.75. The molecule has 0 bridgehead atoms. The lowest BCUT2D eigenvalue weighted by atomic mass is 10.1. The number of carbonyl (C=O) groups excluding carboxylic acids is 1. The highest BCUT2D eigenvalue weighted by atomic mass is 16.3. The zero-order chi connectivity index (χ0) is 15.5. The molecule has 1 aliphatic heterocycles. The van der Waals surface area contributed by atoms with Gasteiger partial charge in [0.15, 0.2) is 6.10 Å². The molecule has 2 atom stereocenters. The molecule has 2 aromatic heterocycles. The standard InChI is InChI=1S/C16H21N3O3/c1-11-6-7-14(22-11)13-5-3-2-4-8-19(13)16(21)15(20)12-9-17-10-18-12/h6-7,9-10,13,15,20H,2-5,8H2,1H3,(H,17,18). The number of aliphatic hydroxyl groups excluding tert-OH is 1. The number of imidazole rings is 1. The number of aromatic nitrogens is 2. The Bertz CT molecular complexity index is 620. The van der Waals surface area contributed by atoms with Gasteiger partial charge in [0.1, 0.15) is 11.5 Å². The van der Waals surface area contributed by atoms with E-state index in [1.807, 2.05) is 19.1 Å². The molecular formula is C16H21N3O3. The van der Waals surface area contributed by atoms with Crippen molar-refractivity contribution >= 4 is 5.91 Å². The molecule has 0 aromatic carbocycles. The van der Waals surface area contributed by atoms with Crippen LogP contribution in [0.3, 0.4) is 0 Å². The van der Waals surface area contributed by atoms with Crippen LogP contribution in [0.4, 0.5) is 0 Å². The van der Waals surface area contributed by atoms with Gasteiger partial charge in [-0.25, -0.2) is 4.98 Å². The first kappa shape index (κ1) is 14.8. The summed E-state index contributed by atoms with van der Waals surface area (Å²) >= 11 is 0. The van der Waals surface area contributed by atoms with Crippen LogP contribution in [0, 0.1) is 6.92 Å². The van der Waals surface area contributed by atoms with Crippen LogP contribution in [0.15, 0.2) is 29.1 Å². The van der Waals surface area contributed by atoms with Gasteiger partial charge in [-0.05, 0) is 31.9 Å². The van der Waals surface area contributed by atoms with E-state index in [1.54, 1.807) is 4.90 Å². The van der Waals surface area contributed by atoms with Crippen molar-refractivity contribution in [2.45, 2.75) is 44.8 Å². The summed E-state index contributed by atoms with van der Waals surface area (Å²) in [5.41, 5.74) is 0.420. The summed E-state index contributed by atoms with van der Waals surface area (Å²) in [4.78, 5) is 21.1. The normalized spacial score (nSPS) is 20.6.